The minimum Gasteiger partial charge on any atom is -0.298 e. The first kappa shape index (κ1) is 24.8. The summed E-state index contributed by atoms with van der Waals surface area (Å²) in [6, 6.07) is 4.64. The molecule has 0 radical (unpaired) electrons. The minimum atomic E-state index is -4.61. The molecule has 3 aromatic rings. The molecule has 12 heteroatoms. The Morgan fingerprint density at radius 2 is 1.74 bits per heavy atom. The van der Waals surface area contributed by atoms with Crippen molar-refractivity contribution in [3.8, 4) is 11.3 Å². The van der Waals surface area contributed by atoms with Crippen molar-refractivity contribution in [3.63, 3.8) is 0 Å². The zero-order chi connectivity index (χ0) is 25.4. The second kappa shape index (κ2) is 9.06. The van der Waals surface area contributed by atoms with Crippen molar-refractivity contribution in [2.24, 2.45) is 0 Å². The standard InChI is InChI=1S/C23H22F3N5O3S/c1-22(2,18-7-8-28-21(31-18)13-35(33,34)16-5-6-16)20(32)9-15-4-3-14(10-29-15)17-11-27-12-19(30-17)23(24,25)26/h3-4,7-8,10-12,16H,5-6,9,13H2,1-2H3. The van der Waals surface area contributed by atoms with Crippen molar-refractivity contribution in [1.29, 1.82) is 0 Å². The Morgan fingerprint density at radius 1 is 1.00 bits per heavy atom. The van der Waals surface area contributed by atoms with Crippen LogP contribution in [0.2, 0.25) is 0 Å². The Kier molecular flexibility index (Phi) is 6.43. The Balaban J connectivity index is 1.48. The van der Waals surface area contributed by atoms with Crippen molar-refractivity contribution in [2.45, 2.75) is 55.7 Å². The van der Waals surface area contributed by atoms with Gasteiger partial charge in [-0.2, -0.15) is 13.2 Å². The number of pyridine rings is 1. The van der Waals surface area contributed by atoms with Gasteiger partial charge in [0.25, 0.3) is 0 Å². The van der Waals surface area contributed by atoms with Crippen LogP contribution in [0.15, 0.2) is 43.0 Å². The number of alkyl halides is 3. The lowest BCUT2D eigenvalue weighted by Crippen LogP contribution is -2.32. The van der Waals surface area contributed by atoms with Gasteiger partial charge in [0.1, 0.15) is 17.4 Å². The lowest BCUT2D eigenvalue weighted by Gasteiger charge is -2.22. The Labute approximate surface area is 200 Å². The summed E-state index contributed by atoms with van der Waals surface area (Å²) in [6.07, 6.45) is 1.26. The molecular weight excluding hydrogens is 483 g/mol. The summed E-state index contributed by atoms with van der Waals surface area (Å²) in [5.41, 5.74) is -0.998. The van der Waals surface area contributed by atoms with Gasteiger partial charge >= 0.3 is 6.18 Å². The molecule has 0 amide bonds. The molecule has 1 aliphatic carbocycles. The van der Waals surface area contributed by atoms with Crippen LogP contribution in [0.3, 0.4) is 0 Å². The number of hydrogen-bond donors (Lipinski definition) is 0. The number of sulfone groups is 1. The molecule has 0 saturated heterocycles. The van der Waals surface area contributed by atoms with E-state index in [9.17, 15) is 26.4 Å². The lowest BCUT2D eigenvalue weighted by atomic mass is 9.82. The first-order chi connectivity index (χ1) is 16.4. The van der Waals surface area contributed by atoms with Crippen LogP contribution in [0.1, 0.15) is 49.6 Å². The van der Waals surface area contributed by atoms with Gasteiger partial charge in [-0.1, -0.05) is 0 Å². The zero-order valence-electron chi connectivity index (χ0n) is 19.0. The normalized spacial score (nSPS) is 14.7. The highest BCUT2D eigenvalue weighted by Crippen LogP contribution is 2.31. The number of nitrogens with zero attached hydrogens (tertiary/aromatic N) is 5. The van der Waals surface area contributed by atoms with E-state index in [1.165, 1.54) is 24.7 Å². The van der Waals surface area contributed by atoms with E-state index in [0.717, 1.165) is 0 Å². The van der Waals surface area contributed by atoms with E-state index in [2.05, 4.69) is 24.9 Å². The van der Waals surface area contributed by atoms with E-state index in [0.29, 0.717) is 36.0 Å². The van der Waals surface area contributed by atoms with Crippen LogP contribution in [0.25, 0.3) is 11.3 Å². The Morgan fingerprint density at radius 3 is 2.37 bits per heavy atom. The molecule has 0 spiro atoms. The van der Waals surface area contributed by atoms with Gasteiger partial charge < -0.3 is 0 Å². The number of carbonyl (C=O) groups excluding carboxylic acids is 1. The fraction of sp³-hybridized carbons (Fsp3) is 0.391. The molecule has 1 saturated carbocycles. The molecule has 0 aliphatic heterocycles. The lowest BCUT2D eigenvalue weighted by molar-refractivity contribution is -0.141. The molecule has 35 heavy (non-hydrogen) atoms. The molecule has 4 rings (SSSR count). The average molecular weight is 506 g/mol. The molecule has 184 valence electrons. The second-order valence-corrected chi connectivity index (χ2v) is 11.2. The number of aromatic nitrogens is 5. The van der Waals surface area contributed by atoms with E-state index in [1.54, 1.807) is 26.0 Å². The van der Waals surface area contributed by atoms with E-state index < -0.39 is 27.1 Å². The first-order valence-corrected chi connectivity index (χ1v) is 12.5. The van der Waals surface area contributed by atoms with Gasteiger partial charge in [0, 0.05) is 30.1 Å². The van der Waals surface area contributed by atoms with E-state index >= 15 is 0 Å². The van der Waals surface area contributed by atoms with Crippen LogP contribution in [0.5, 0.6) is 0 Å². The minimum absolute atomic E-state index is 0.0141. The number of rotatable bonds is 8. The SMILES string of the molecule is CC(C)(C(=O)Cc1ccc(-c2cncc(C(F)(F)F)n2)cn1)c1ccnc(CS(=O)(=O)C2CC2)n1. The van der Waals surface area contributed by atoms with Gasteiger partial charge in [0.15, 0.2) is 15.5 Å². The summed E-state index contributed by atoms with van der Waals surface area (Å²) in [5, 5.41) is -0.333. The summed E-state index contributed by atoms with van der Waals surface area (Å²) in [4.78, 5) is 32.9. The van der Waals surface area contributed by atoms with Crippen LogP contribution in [0, 0.1) is 0 Å². The third-order valence-corrected chi connectivity index (χ3v) is 7.94. The predicted octanol–water partition coefficient (Wildman–Crippen LogP) is 3.51. The number of Topliss-reactive ketones (excluding diaryl/α,β-unsaturated/α-hetero) is 1. The molecule has 0 atom stereocenters. The van der Waals surface area contributed by atoms with Gasteiger partial charge in [-0.05, 0) is 44.9 Å². The molecule has 3 heterocycles. The highest BCUT2D eigenvalue weighted by Gasteiger charge is 2.37. The molecule has 1 aliphatic rings. The molecule has 0 bridgehead atoms. The van der Waals surface area contributed by atoms with Crippen LogP contribution in [-0.2, 0) is 38.4 Å². The van der Waals surface area contributed by atoms with Crippen molar-refractivity contribution in [2.75, 3.05) is 0 Å². The van der Waals surface area contributed by atoms with Crippen molar-refractivity contribution >= 4 is 15.6 Å². The quantitative estimate of drug-likeness (QED) is 0.457. The van der Waals surface area contributed by atoms with Gasteiger partial charge in [-0.15, -0.1) is 0 Å². The maximum absolute atomic E-state index is 13.1. The molecule has 1 fully saturated rings. The fourth-order valence-corrected chi connectivity index (χ4v) is 4.98. The predicted molar refractivity (Wildman–Crippen MR) is 120 cm³/mol. The molecular formula is C23H22F3N5O3S. The number of hydrogen-bond acceptors (Lipinski definition) is 8. The average Bonchev–Trinajstić information content (AvgIpc) is 3.65. The summed E-state index contributed by atoms with van der Waals surface area (Å²) in [5.74, 6) is -0.330. The van der Waals surface area contributed by atoms with Crippen LogP contribution >= 0.6 is 0 Å². The molecule has 0 aromatic carbocycles. The van der Waals surface area contributed by atoms with Gasteiger partial charge in [0.2, 0.25) is 0 Å². The second-order valence-electron chi connectivity index (χ2n) is 8.92. The van der Waals surface area contributed by atoms with Gasteiger partial charge in [0.05, 0.1) is 34.4 Å². The summed E-state index contributed by atoms with van der Waals surface area (Å²) in [7, 11) is -3.30. The van der Waals surface area contributed by atoms with Gasteiger partial charge in [-0.3, -0.25) is 14.8 Å². The summed E-state index contributed by atoms with van der Waals surface area (Å²) in [6.45, 7) is 3.37. The fourth-order valence-electron chi connectivity index (χ4n) is 3.39. The first-order valence-electron chi connectivity index (χ1n) is 10.8. The number of halogens is 3. The van der Waals surface area contributed by atoms with Gasteiger partial charge in [-0.25, -0.2) is 23.4 Å². The molecule has 3 aromatic heterocycles. The van der Waals surface area contributed by atoms with Crippen LogP contribution in [0.4, 0.5) is 13.2 Å². The van der Waals surface area contributed by atoms with Crippen molar-refractivity contribution in [3.05, 3.63) is 65.9 Å². The maximum atomic E-state index is 13.1. The largest absolute Gasteiger partial charge is 0.434 e. The number of ketones is 1. The zero-order valence-corrected chi connectivity index (χ0v) is 19.8. The summed E-state index contributed by atoms with van der Waals surface area (Å²) >= 11 is 0. The molecule has 0 unspecified atom stereocenters. The number of carbonyl (C=O) groups is 1. The Hall–Kier alpha value is -3.28. The van der Waals surface area contributed by atoms with Crippen LogP contribution < -0.4 is 0 Å². The Bertz CT molecular complexity index is 1360. The van der Waals surface area contributed by atoms with E-state index in [4.69, 9.17) is 0 Å². The maximum Gasteiger partial charge on any atom is 0.434 e. The summed E-state index contributed by atoms with van der Waals surface area (Å²) < 4.78 is 63.2. The van der Waals surface area contributed by atoms with Crippen molar-refractivity contribution < 1.29 is 26.4 Å². The third kappa shape index (κ3) is 5.69. The van der Waals surface area contributed by atoms with E-state index in [1.807, 2.05) is 0 Å². The van der Waals surface area contributed by atoms with Crippen LogP contribution in [-0.4, -0.2) is 44.4 Å². The third-order valence-electron chi connectivity index (χ3n) is 5.79. The highest BCUT2D eigenvalue weighted by atomic mass is 32.2. The molecule has 8 nitrogen and oxygen atoms in total. The highest BCUT2D eigenvalue weighted by molar-refractivity contribution is 7.91. The monoisotopic (exact) mass is 505 g/mol. The van der Waals surface area contributed by atoms with E-state index in [-0.39, 0.29) is 34.7 Å². The van der Waals surface area contributed by atoms with Crippen molar-refractivity contribution in [1.82, 2.24) is 24.9 Å². The molecule has 0 N–H and O–H groups in total. The smallest absolute Gasteiger partial charge is 0.298 e. The topological polar surface area (TPSA) is 116 Å².